The van der Waals surface area contributed by atoms with Crippen molar-refractivity contribution in [2.75, 3.05) is 13.2 Å². The van der Waals surface area contributed by atoms with Crippen LogP contribution in [0.1, 0.15) is 63.9 Å². The first-order valence-electron chi connectivity index (χ1n) is 12.9. The molecule has 0 spiro atoms. The van der Waals surface area contributed by atoms with Crippen LogP contribution in [0, 0.1) is 11.3 Å². The number of nitrogens with zero attached hydrogens (tertiary/aromatic N) is 2. The summed E-state index contributed by atoms with van der Waals surface area (Å²) in [7, 11) is 0. The van der Waals surface area contributed by atoms with E-state index in [1.807, 2.05) is 0 Å². The smallest absolute Gasteiger partial charge is 0.128 e. The van der Waals surface area contributed by atoms with Crippen LogP contribution in [-0.4, -0.2) is 24.8 Å². The van der Waals surface area contributed by atoms with Gasteiger partial charge in [-0.3, -0.25) is 5.43 Å². The van der Waals surface area contributed by atoms with Gasteiger partial charge >= 0.3 is 0 Å². The maximum absolute atomic E-state index is 5.74. The molecule has 2 heterocycles. The number of allylic oxidation sites excluding steroid dienone is 1. The minimum atomic E-state index is 0.315. The number of aryl methyl sites for hydroxylation is 1. The summed E-state index contributed by atoms with van der Waals surface area (Å²) in [6.07, 6.45) is 10.6. The summed E-state index contributed by atoms with van der Waals surface area (Å²) in [5, 5.41) is 4.49. The monoisotopic (exact) mass is 455 g/mol. The van der Waals surface area contributed by atoms with E-state index in [0.717, 1.165) is 44.0 Å². The van der Waals surface area contributed by atoms with E-state index in [-0.39, 0.29) is 0 Å². The highest BCUT2D eigenvalue weighted by molar-refractivity contribution is 6.09. The molecule has 1 saturated carbocycles. The van der Waals surface area contributed by atoms with E-state index in [1.54, 1.807) is 0 Å². The normalized spacial score (nSPS) is 23.6. The zero-order valence-corrected chi connectivity index (χ0v) is 20.5. The molecule has 1 unspecified atom stereocenters. The van der Waals surface area contributed by atoms with E-state index in [9.17, 15) is 0 Å². The fourth-order valence-electron chi connectivity index (χ4n) is 5.56. The van der Waals surface area contributed by atoms with Crippen LogP contribution in [0.4, 0.5) is 5.69 Å². The van der Waals surface area contributed by atoms with Crippen molar-refractivity contribution < 1.29 is 4.74 Å². The lowest BCUT2D eigenvalue weighted by Crippen LogP contribution is -2.21. The van der Waals surface area contributed by atoms with Crippen LogP contribution in [0.5, 0.6) is 0 Å². The number of nitrogens with one attached hydrogen (secondary N) is 1. The van der Waals surface area contributed by atoms with Crippen molar-refractivity contribution in [2.24, 2.45) is 21.4 Å². The van der Waals surface area contributed by atoms with Crippen LogP contribution in [0.15, 0.2) is 70.8 Å². The summed E-state index contributed by atoms with van der Waals surface area (Å²) >= 11 is 0. The van der Waals surface area contributed by atoms with Crippen molar-refractivity contribution in [1.29, 1.82) is 0 Å². The van der Waals surface area contributed by atoms with Crippen LogP contribution >= 0.6 is 0 Å². The number of benzene rings is 2. The first-order valence-corrected chi connectivity index (χ1v) is 12.9. The van der Waals surface area contributed by atoms with Gasteiger partial charge in [-0.05, 0) is 92.0 Å². The molecule has 34 heavy (non-hydrogen) atoms. The molecule has 4 nitrogen and oxygen atoms in total. The van der Waals surface area contributed by atoms with Gasteiger partial charge in [0.05, 0.1) is 12.3 Å². The Hall–Kier alpha value is -2.72. The Balaban J connectivity index is 1.14. The maximum Gasteiger partial charge on any atom is 0.128 e. The molecule has 5 rings (SSSR count). The van der Waals surface area contributed by atoms with Gasteiger partial charge in [0, 0.05) is 18.7 Å². The van der Waals surface area contributed by atoms with Crippen LogP contribution in [0.3, 0.4) is 0 Å². The number of ether oxygens (including phenoxy) is 1. The third-order valence-corrected chi connectivity index (χ3v) is 7.71. The van der Waals surface area contributed by atoms with Gasteiger partial charge < -0.3 is 4.74 Å². The van der Waals surface area contributed by atoms with Gasteiger partial charge in [0.1, 0.15) is 5.84 Å². The SMILES string of the molecule is C=C(C)CC1(CCCc2ccc(-c3ccc(N=C4CC(C5CCC5)=NN4)cc3)cc2)CCOC1. The summed E-state index contributed by atoms with van der Waals surface area (Å²) in [4.78, 5) is 4.76. The molecule has 0 amide bonds. The number of rotatable bonds is 9. The Labute approximate surface area is 204 Å². The average molecular weight is 456 g/mol. The minimum Gasteiger partial charge on any atom is -0.381 e. The number of aliphatic imine (C=N–C) groups is 1. The zero-order valence-electron chi connectivity index (χ0n) is 20.5. The van der Waals surface area contributed by atoms with Gasteiger partial charge in [0.25, 0.3) is 0 Å². The van der Waals surface area contributed by atoms with Crippen molar-refractivity contribution in [2.45, 2.75) is 64.7 Å². The molecule has 0 bridgehead atoms. The summed E-state index contributed by atoms with van der Waals surface area (Å²) in [5.41, 5.74) is 10.9. The molecule has 1 saturated heterocycles. The first kappa shape index (κ1) is 23.0. The van der Waals surface area contributed by atoms with Crippen molar-refractivity contribution in [3.05, 3.63) is 66.2 Å². The lowest BCUT2D eigenvalue weighted by atomic mass is 9.77. The molecule has 2 aromatic carbocycles. The Bertz CT molecular complexity index is 1060. The molecule has 1 atom stereocenters. The molecule has 0 aromatic heterocycles. The van der Waals surface area contributed by atoms with E-state index in [2.05, 4.69) is 72.6 Å². The maximum atomic E-state index is 5.74. The van der Waals surface area contributed by atoms with E-state index in [1.165, 1.54) is 66.5 Å². The Morgan fingerprint density at radius 1 is 1.12 bits per heavy atom. The highest BCUT2D eigenvalue weighted by atomic mass is 16.5. The lowest BCUT2D eigenvalue weighted by Gasteiger charge is -2.27. The van der Waals surface area contributed by atoms with Gasteiger partial charge in [-0.25, -0.2) is 4.99 Å². The average Bonchev–Trinajstić information content (AvgIpc) is 3.43. The third kappa shape index (κ3) is 5.50. The van der Waals surface area contributed by atoms with Crippen LogP contribution < -0.4 is 5.43 Å². The Kier molecular flexibility index (Phi) is 6.96. The molecule has 0 radical (unpaired) electrons. The molecular weight excluding hydrogens is 418 g/mol. The number of hydrogen-bond acceptors (Lipinski definition) is 3. The van der Waals surface area contributed by atoms with E-state index >= 15 is 0 Å². The predicted molar refractivity (Wildman–Crippen MR) is 142 cm³/mol. The molecule has 178 valence electrons. The second kappa shape index (κ2) is 10.3. The number of hydrazone groups is 1. The molecule has 3 aliphatic rings. The van der Waals surface area contributed by atoms with Crippen molar-refractivity contribution >= 4 is 17.2 Å². The van der Waals surface area contributed by atoms with Crippen LogP contribution in [0.25, 0.3) is 11.1 Å². The van der Waals surface area contributed by atoms with Gasteiger partial charge in [0.15, 0.2) is 0 Å². The summed E-state index contributed by atoms with van der Waals surface area (Å²) in [6.45, 7) is 8.08. The molecular formula is C30H37N3O. The summed E-state index contributed by atoms with van der Waals surface area (Å²) in [5.74, 6) is 1.65. The van der Waals surface area contributed by atoms with Gasteiger partial charge in [-0.2, -0.15) is 5.10 Å². The summed E-state index contributed by atoms with van der Waals surface area (Å²) in [6, 6.07) is 17.6. The van der Waals surface area contributed by atoms with E-state index in [0.29, 0.717) is 11.3 Å². The number of amidine groups is 1. The Morgan fingerprint density at radius 2 is 1.85 bits per heavy atom. The van der Waals surface area contributed by atoms with Crippen molar-refractivity contribution in [3.63, 3.8) is 0 Å². The van der Waals surface area contributed by atoms with Crippen molar-refractivity contribution in [3.8, 4) is 11.1 Å². The third-order valence-electron chi connectivity index (χ3n) is 7.71. The molecule has 1 aliphatic carbocycles. The van der Waals surface area contributed by atoms with Gasteiger partial charge in [-0.1, -0.05) is 48.4 Å². The second-order valence-corrected chi connectivity index (χ2v) is 10.6. The van der Waals surface area contributed by atoms with Crippen LogP contribution in [0.2, 0.25) is 0 Å². The van der Waals surface area contributed by atoms with Crippen molar-refractivity contribution in [1.82, 2.24) is 5.43 Å². The Morgan fingerprint density at radius 3 is 2.47 bits per heavy atom. The predicted octanol–water partition coefficient (Wildman–Crippen LogP) is 7.23. The van der Waals surface area contributed by atoms with Gasteiger partial charge in [0.2, 0.25) is 0 Å². The van der Waals surface area contributed by atoms with E-state index < -0.39 is 0 Å². The standard InChI is InChI=1S/C30H37N3O/c1-22(2)20-30(17-18-34-21-30)16-4-5-23-8-10-24(11-9-23)25-12-14-27(15-13-25)31-29-19-28(32-33-29)26-6-3-7-26/h8-15,26H,1,3-7,16-21H2,2H3,(H,31,33). The summed E-state index contributed by atoms with van der Waals surface area (Å²) < 4.78 is 5.74. The highest BCUT2D eigenvalue weighted by Gasteiger charge is 2.34. The molecule has 1 N–H and O–H groups in total. The number of hydrogen-bond donors (Lipinski definition) is 1. The van der Waals surface area contributed by atoms with E-state index in [4.69, 9.17) is 9.73 Å². The molecule has 4 heteroatoms. The largest absolute Gasteiger partial charge is 0.381 e. The lowest BCUT2D eigenvalue weighted by molar-refractivity contribution is 0.144. The first-order chi connectivity index (χ1) is 16.6. The fraction of sp³-hybridized carbons (Fsp3) is 0.467. The fourth-order valence-corrected chi connectivity index (χ4v) is 5.56. The quantitative estimate of drug-likeness (QED) is 0.405. The zero-order chi connectivity index (χ0) is 23.4. The van der Waals surface area contributed by atoms with Crippen LogP contribution in [-0.2, 0) is 11.2 Å². The molecule has 2 fully saturated rings. The van der Waals surface area contributed by atoms with Gasteiger partial charge in [-0.15, -0.1) is 6.58 Å². The topological polar surface area (TPSA) is 46.0 Å². The second-order valence-electron chi connectivity index (χ2n) is 10.6. The molecule has 2 aliphatic heterocycles. The molecule has 2 aromatic rings. The minimum absolute atomic E-state index is 0.315. The highest BCUT2D eigenvalue weighted by Crippen LogP contribution is 2.39.